The molecule has 14 heavy (non-hydrogen) atoms. The fourth-order valence-corrected chi connectivity index (χ4v) is 1.04. The molecule has 0 bridgehead atoms. The van der Waals surface area contributed by atoms with Crippen molar-refractivity contribution in [3.63, 3.8) is 0 Å². The van der Waals surface area contributed by atoms with E-state index in [-0.39, 0.29) is 18.4 Å². The topological polar surface area (TPSA) is 81.2 Å². The summed E-state index contributed by atoms with van der Waals surface area (Å²) in [5, 5.41) is 2.74. The lowest BCUT2D eigenvalue weighted by Crippen LogP contribution is -2.38. The van der Waals surface area contributed by atoms with Gasteiger partial charge in [0.1, 0.15) is 6.26 Å². The highest BCUT2D eigenvalue weighted by Crippen LogP contribution is 2.00. The van der Waals surface area contributed by atoms with E-state index in [1.165, 1.54) is 6.26 Å². The number of nitrogens with two attached hydrogens (primary N) is 1. The molecular formula is C9H15N3O2. The highest BCUT2D eigenvalue weighted by Gasteiger charge is 2.09. The zero-order chi connectivity index (χ0) is 10.6. The van der Waals surface area contributed by atoms with Gasteiger partial charge in [-0.05, 0) is 6.92 Å². The standard InChI is InChI=1S/C9H15N3O2/c1-6(4-10)11-9(13)3-8-5-14-7(2)12-8/h5-6H,3-4,10H2,1-2H3,(H,11,13). The summed E-state index contributed by atoms with van der Waals surface area (Å²) in [7, 11) is 0. The first-order valence-corrected chi connectivity index (χ1v) is 4.52. The summed E-state index contributed by atoms with van der Waals surface area (Å²) >= 11 is 0. The lowest BCUT2D eigenvalue weighted by molar-refractivity contribution is -0.121. The first kappa shape index (κ1) is 10.7. The van der Waals surface area contributed by atoms with E-state index < -0.39 is 0 Å². The molecule has 1 heterocycles. The average molecular weight is 197 g/mol. The Hall–Kier alpha value is -1.36. The number of carbonyl (C=O) groups is 1. The fourth-order valence-electron chi connectivity index (χ4n) is 1.04. The minimum atomic E-state index is -0.0868. The summed E-state index contributed by atoms with van der Waals surface area (Å²) < 4.78 is 4.98. The van der Waals surface area contributed by atoms with Gasteiger partial charge in [0.25, 0.3) is 0 Å². The molecule has 0 spiro atoms. The van der Waals surface area contributed by atoms with Crippen LogP contribution in [0.4, 0.5) is 0 Å². The molecule has 1 atom stereocenters. The second-order valence-corrected chi connectivity index (χ2v) is 3.24. The van der Waals surface area contributed by atoms with Crippen molar-refractivity contribution in [3.05, 3.63) is 17.8 Å². The lowest BCUT2D eigenvalue weighted by Gasteiger charge is -2.09. The molecule has 5 nitrogen and oxygen atoms in total. The summed E-state index contributed by atoms with van der Waals surface area (Å²) in [5.41, 5.74) is 6.01. The van der Waals surface area contributed by atoms with Gasteiger partial charge < -0.3 is 15.5 Å². The van der Waals surface area contributed by atoms with E-state index in [9.17, 15) is 4.79 Å². The van der Waals surface area contributed by atoms with Gasteiger partial charge in [-0.3, -0.25) is 4.79 Å². The van der Waals surface area contributed by atoms with Crippen LogP contribution in [0.5, 0.6) is 0 Å². The van der Waals surface area contributed by atoms with Crippen LogP contribution in [0.3, 0.4) is 0 Å². The van der Waals surface area contributed by atoms with Gasteiger partial charge in [0.2, 0.25) is 5.91 Å². The van der Waals surface area contributed by atoms with Crippen LogP contribution < -0.4 is 11.1 Å². The number of nitrogens with zero attached hydrogens (tertiary/aromatic N) is 1. The molecule has 1 amide bonds. The first-order valence-electron chi connectivity index (χ1n) is 4.52. The third-order valence-electron chi connectivity index (χ3n) is 1.77. The molecule has 78 valence electrons. The van der Waals surface area contributed by atoms with Gasteiger partial charge in [0.15, 0.2) is 5.89 Å². The van der Waals surface area contributed by atoms with Crippen LogP contribution in [-0.4, -0.2) is 23.5 Å². The largest absolute Gasteiger partial charge is 0.449 e. The zero-order valence-corrected chi connectivity index (χ0v) is 8.41. The monoisotopic (exact) mass is 197 g/mol. The first-order chi connectivity index (χ1) is 6.61. The molecule has 0 fully saturated rings. The van der Waals surface area contributed by atoms with E-state index in [1.54, 1.807) is 6.92 Å². The SMILES string of the molecule is Cc1nc(CC(=O)NC(C)CN)co1. The maximum Gasteiger partial charge on any atom is 0.226 e. The minimum absolute atomic E-state index is 0.00417. The number of aryl methyl sites for hydroxylation is 1. The van der Waals surface area contributed by atoms with Gasteiger partial charge in [-0.1, -0.05) is 0 Å². The van der Waals surface area contributed by atoms with Crippen LogP contribution in [0, 0.1) is 6.92 Å². The zero-order valence-electron chi connectivity index (χ0n) is 8.41. The van der Waals surface area contributed by atoms with E-state index in [1.807, 2.05) is 6.92 Å². The van der Waals surface area contributed by atoms with Gasteiger partial charge in [0, 0.05) is 19.5 Å². The second kappa shape index (κ2) is 4.76. The Morgan fingerprint density at radius 3 is 3.00 bits per heavy atom. The van der Waals surface area contributed by atoms with Gasteiger partial charge >= 0.3 is 0 Å². The second-order valence-electron chi connectivity index (χ2n) is 3.24. The van der Waals surface area contributed by atoms with Crippen molar-refractivity contribution in [1.29, 1.82) is 0 Å². The van der Waals surface area contributed by atoms with Crippen molar-refractivity contribution in [3.8, 4) is 0 Å². The van der Waals surface area contributed by atoms with E-state index in [0.29, 0.717) is 18.1 Å². The maximum absolute atomic E-state index is 11.3. The Bertz CT molecular complexity index is 309. The number of amides is 1. The third kappa shape index (κ3) is 3.18. The smallest absolute Gasteiger partial charge is 0.226 e. The molecule has 0 aromatic carbocycles. The van der Waals surface area contributed by atoms with Crippen LogP contribution in [0.1, 0.15) is 18.5 Å². The molecule has 0 saturated heterocycles. The molecule has 3 N–H and O–H groups in total. The van der Waals surface area contributed by atoms with E-state index >= 15 is 0 Å². The highest BCUT2D eigenvalue weighted by atomic mass is 16.3. The number of aromatic nitrogens is 1. The van der Waals surface area contributed by atoms with Crippen molar-refractivity contribution in [1.82, 2.24) is 10.3 Å². The van der Waals surface area contributed by atoms with Gasteiger partial charge in [-0.2, -0.15) is 0 Å². The van der Waals surface area contributed by atoms with Crippen molar-refractivity contribution >= 4 is 5.91 Å². The highest BCUT2D eigenvalue weighted by molar-refractivity contribution is 5.78. The summed E-state index contributed by atoms with van der Waals surface area (Å²) in [5.74, 6) is 0.482. The average Bonchev–Trinajstić information content (AvgIpc) is 2.50. The van der Waals surface area contributed by atoms with E-state index in [0.717, 1.165) is 0 Å². The Labute approximate surface area is 82.7 Å². The molecule has 1 unspecified atom stereocenters. The number of hydrogen-bond donors (Lipinski definition) is 2. The van der Waals surface area contributed by atoms with E-state index in [2.05, 4.69) is 10.3 Å². The minimum Gasteiger partial charge on any atom is -0.449 e. The molecule has 1 aromatic rings. The molecule has 0 aliphatic heterocycles. The summed E-state index contributed by atoms with van der Waals surface area (Å²) in [6.07, 6.45) is 1.73. The molecule has 5 heteroatoms. The summed E-state index contributed by atoms with van der Waals surface area (Å²) in [6, 6.07) is -0.00417. The van der Waals surface area contributed by atoms with Crippen LogP contribution in [0.25, 0.3) is 0 Å². The normalized spacial score (nSPS) is 12.5. The molecular weight excluding hydrogens is 182 g/mol. The van der Waals surface area contributed by atoms with Crippen LogP contribution in [0.15, 0.2) is 10.7 Å². The third-order valence-corrected chi connectivity index (χ3v) is 1.77. The maximum atomic E-state index is 11.3. The Morgan fingerprint density at radius 2 is 2.50 bits per heavy atom. The van der Waals surface area contributed by atoms with Crippen LogP contribution in [-0.2, 0) is 11.2 Å². The summed E-state index contributed by atoms with van der Waals surface area (Å²) in [4.78, 5) is 15.4. The van der Waals surface area contributed by atoms with Gasteiger partial charge in [-0.25, -0.2) is 4.98 Å². The number of hydrogen-bond acceptors (Lipinski definition) is 4. The Kier molecular flexibility index (Phi) is 3.64. The van der Waals surface area contributed by atoms with Gasteiger partial charge in [-0.15, -0.1) is 0 Å². The fraction of sp³-hybridized carbons (Fsp3) is 0.556. The van der Waals surface area contributed by atoms with Crippen molar-refractivity contribution in [2.75, 3.05) is 6.54 Å². The number of carbonyl (C=O) groups excluding carboxylic acids is 1. The lowest BCUT2D eigenvalue weighted by atomic mass is 10.3. The van der Waals surface area contributed by atoms with Crippen molar-refractivity contribution in [2.45, 2.75) is 26.3 Å². The van der Waals surface area contributed by atoms with Crippen LogP contribution >= 0.6 is 0 Å². The molecule has 1 rings (SSSR count). The van der Waals surface area contributed by atoms with Crippen molar-refractivity contribution < 1.29 is 9.21 Å². The molecule has 0 saturated carbocycles. The summed E-state index contributed by atoms with van der Waals surface area (Å²) in [6.45, 7) is 4.03. The number of nitrogens with one attached hydrogen (secondary N) is 1. The van der Waals surface area contributed by atoms with Crippen LogP contribution in [0.2, 0.25) is 0 Å². The Balaban J connectivity index is 2.41. The number of oxazole rings is 1. The van der Waals surface area contributed by atoms with Crippen molar-refractivity contribution in [2.24, 2.45) is 5.73 Å². The predicted octanol–water partition coefficient (Wildman–Crippen LogP) is -0.0111. The van der Waals surface area contributed by atoms with Gasteiger partial charge in [0.05, 0.1) is 12.1 Å². The van der Waals surface area contributed by atoms with E-state index in [4.69, 9.17) is 10.2 Å². The number of rotatable bonds is 4. The molecule has 1 aromatic heterocycles. The Morgan fingerprint density at radius 1 is 1.79 bits per heavy atom. The molecule has 0 aliphatic carbocycles. The molecule has 0 aliphatic rings. The quantitative estimate of drug-likeness (QED) is 0.711. The predicted molar refractivity (Wildman–Crippen MR) is 51.6 cm³/mol. The molecule has 0 radical (unpaired) electrons.